The molecular formula is C18H15BrClN3OS. The van der Waals surface area contributed by atoms with Gasteiger partial charge in [-0.3, -0.25) is 0 Å². The first-order chi connectivity index (χ1) is 12.1. The molecule has 3 aromatic rings. The Labute approximate surface area is 163 Å². The highest BCUT2D eigenvalue weighted by atomic mass is 79.9. The van der Waals surface area contributed by atoms with Crippen LogP contribution in [-0.4, -0.2) is 21.2 Å². The van der Waals surface area contributed by atoms with Crippen LogP contribution in [-0.2, 0) is 0 Å². The third-order valence-electron chi connectivity index (χ3n) is 4.40. The van der Waals surface area contributed by atoms with Crippen LogP contribution < -0.4 is 0 Å². The Morgan fingerprint density at radius 3 is 2.76 bits per heavy atom. The Morgan fingerprint density at radius 2 is 2.04 bits per heavy atom. The smallest absolute Gasteiger partial charge is 0.221 e. The molecule has 4 rings (SSSR count). The zero-order chi connectivity index (χ0) is 17.6. The van der Waals surface area contributed by atoms with Crippen LogP contribution in [0.2, 0.25) is 5.02 Å². The summed E-state index contributed by atoms with van der Waals surface area (Å²) in [4.78, 5) is 0. The fraction of sp³-hybridized carbons (Fsp3) is 0.222. The number of fused-ring (bicyclic) bond motifs is 1. The summed E-state index contributed by atoms with van der Waals surface area (Å²) in [6.07, 6.45) is 0. The van der Waals surface area contributed by atoms with Crippen LogP contribution in [0.4, 0.5) is 11.4 Å². The summed E-state index contributed by atoms with van der Waals surface area (Å²) < 4.78 is 2.91. The van der Waals surface area contributed by atoms with Gasteiger partial charge in [0, 0.05) is 26.4 Å². The molecule has 128 valence electrons. The summed E-state index contributed by atoms with van der Waals surface area (Å²) in [5.41, 5.74) is 3.03. The van der Waals surface area contributed by atoms with Gasteiger partial charge in [0.05, 0.1) is 17.2 Å². The molecule has 0 bridgehead atoms. The lowest BCUT2D eigenvalue weighted by Gasteiger charge is -2.27. The first kappa shape index (κ1) is 16.9. The quantitative estimate of drug-likeness (QED) is 0.460. The van der Waals surface area contributed by atoms with Crippen LogP contribution in [0.15, 0.2) is 51.1 Å². The lowest BCUT2D eigenvalue weighted by Crippen LogP contribution is -2.22. The van der Waals surface area contributed by atoms with Crippen molar-refractivity contribution < 1.29 is 5.11 Å². The van der Waals surface area contributed by atoms with Gasteiger partial charge in [0.1, 0.15) is 0 Å². The van der Waals surface area contributed by atoms with Crippen LogP contribution in [0.1, 0.15) is 11.6 Å². The predicted octanol–water partition coefficient (Wildman–Crippen LogP) is 6.77. The van der Waals surface area contributed by atoms with E-state index in [0.717, 1.165) is 32.4 Å². The SMILES string of the molecule is Cc1c(Cl)cccc1N=Nc1c(O)n(C2CSC2)c2ccc(Br)cc12. The van der Waals surface area contributed by atoms with E-state index in [2.05, 4.69) is 26.2 Å². The molecule has 1 fully saturated rings. The summed E-state index contributed by atoms with van der Waals surface area (Å²) in [7, 11) is 0. The minimum Gasteiger partial charge on any atom is -0.493 e. The van der Waals surface area contributed by atoms with E-state index in [4.69, 9.17) is 11.6 Å². The largest absolute Gasteiger partial charge is 0.493 e. The summed E-state index contributed by atoms with van der Waals surface area (Å²) in [6, 6.07) is 11.8. The summed E-state index contributed by atoms with van der Waals surface area (Å²) in [5.74, 6) is 2.16. The number of thioether (sulfide) groups is 1. The van der Waals surface area contributed by atoms with E-state index in [1.165, 1.54) is 0 Å². The van der Waals surface area contributed by atoms with Crippen LogP contribution >= 0.6 is 39.3 Å². The van der Waals surface area contributed by atoms with Gasteiger partial charge in [-0.2, -0.15) is 16.9 Å². The molecule has 0 spiro atoms. The Balaban J connectivity index is 1.86. The fourth-order valence-corrected chi connectivity index (χ4v) is 4.18. The number of aromatic nitrogens is 1. The van der Waals surface area contributed by atoms with Crippen molar-refractivity contribution in [3.05, 3.63) is 51.5 Å². The van der Waals surface area contributed by atoms with Gasteiger partial charge in [0.2, 0.25) is 5.88 Å². The maximum absolute atomic E-state index is 10.8. The number of azo groups is 1. The fourth-order valence-electron chi connectivity index (χ4n) is 2.91. The standard InChI is InChI=1S/C18H15BrClN3OS/c1-10-14(20)3-2-4-15(10)21-22-17-13-7-11(19)5-6-16(13)23(18(17)24)12-8-25-9-12/h2-7,12,24H,8-9H2,1H3. The van der Waals surface area contributed by atoms with Crippen molar-refractivity contribution in [3.63, 3.8) is 0 Å². The molecular weight excluding hydrogens is 422 g/mol. The highest BCUT2D eigenvalue weighted by Crippen LogP contribution is 2.45. The lowest BCUT2D eigenvalue weighted by molar-refractivity contribution is 0.406. The topological polar surface area (TPSA) is 49.9 Å². The van der Waals surface area contributed by atoms with Gasteiger partial charge >= 0.3 is 0 Å². The second-order valence-electron chi connectivity index (χ2n) is 5.98. The molecule has 1 N–H and O–H groups in total. The number of benzene rings is 2. The van der Waals surface area contributed by atoms with Crippen LogP contribution in [0.3, 0.4) is 0 Å². The molecule has 1 aliphatic rings. The van der Waals surface area contributed by atoms with Gasteiger partial charge in [-0.05, 0) is 42.8 Å². The van der Waals surface area contributed by atoms with Crippen molar-refractivity contribution >= 4 is 61.6 Å². The van der Waals surface area contributed by atoms with E-state index in [1.54, 1.807) is 0 Å². The molecule has 7 heteroatoms. The van der Waals surface area contributed by atoms with Crippen LogP contribution in [0.25, 0.3) is 10.9 Å². The van der Waals surface area contributed by atoms with E-state index < -0.39 is 0 Å². The van der Waals surface area contributed by atoms with Gasteiger partial charge in [-0.15, -0.1) is 5.11 Å². The molecule has 25 heavy (non-hydrogen) atoms. The third kappa shape index (κ3) is 2.96. The van der Waals surface area contributed by atoms with E-state index in [1.807, 2.05) is 59.7 Å². The second kappa shape index (κ2) is 6.67. The first-order valence-corrected chi connectivity index (χ1v) is 10.2. The Morgan fingerprint density at radius 1 is 1.24 bits per heavy atom. The van der Waals surface area contributed by atoms with E-state index >= 15 is 0 Å². The van der Waals surface area contributed by atoms with Crippen molar-refractivity contribution in [2.75, 3.05) is 11.5 Å². The predicted molar refractivity (Wildman–Crippen MR) is 108 cm³/mol. The second-order valence-corrected chi connectivity index (χ2v) is 8.38. The Bertz CT molecular complexity index is 998. The molecule has 0 aliphatic carbocycles. The third-order valence-corrected chi connectivity index (χ3v) is 6.54. The van der Waals surface area contributed by atoms with Crippen molar-refractivity contribution in [2.24, 2.45) is 10.2 Å². The lowest BCUT2D eigenvalue weighted by atomic mass is 10.2. The van der Waals surface area contributed by atoms with Crippen LogP contribution in [0.5, 0.6) is 5.88 Å². The average molecular weight is 437 g/mol. The van der Waals surface area contributed by atoms with E-state index in [0.29, 0.717) is 22.4 Å². The molecule has 0 saturated carbocycles. The molecule has 1 aliphatic heterocycles. The number of halogens is 2. The van der Waals surface area contributed by atoms with E-state index in [-0.39, 0.29) is 5.88 Å². The number of rotatable bonds is 3. The van der Waals surface area contributed by atoms with Gasteiger partial charge in [-0.25, -0.2) is 0 Å². The average Bonchev–Trinajstić information content (AvgIpc) is 2.80. The number of hydrogen-bond donors (Lipinski definition) is 1. The molecule has 2 aromatic carbocycles. The summed E-state index contributed by atoms with van der Waals surface area (Å²) in [5, 5.41) is 21.0. The molecule has 1 aromatic heterocycles. The minimum absolute atomic E-state index is 0.168. The molecule has 0 amide bonds. The molecule has 2 heterocycles. The molecule has 1 saturated heterocycles. The maximum Gasteiger partial charge on any atom is 0.221 e. The Hall–Kier alpha value is -1.50. The van der Waals surface area contributed by atoms with Gasteiger partial charge in [0.15, 0.2) is 5.69 Å². The number of nitrogens with zero attached hydrogens (tertiary/aromatic N) is 3. The summed E-state index contributed by atoms with van der Waals surface area (Å²) in [6.45, 7) is 1.90. The monoisotopic (exact) mass is 435 g/mol. The Kier molecular flexibility index (Phi) is 4.52. The number of aromatic hydroxyl groups is 1. The normalized spacial score (nSPS) is 15.2. The van der Waals surface area contributed by atoms with Crippen molar-refractivity contribution in [1.29, 1.82) is 0 Å². The molecule has 0 unspecified atom stereocenters. The zero-order valence-corrected chi connectivity index (χ0v) is 16.6. The summed E-state index contributed by atoms with van der Waals surface area (Å²) >= 11 is 11.5. The van der Waals surface area contributed by atoms with Crippen molar-refractivity contribution in [2.45, 2.75) is 13.0 Å². The minimum atomic E-state index is 0.168. The maximum atomic E-state index is 10.8. The van der Waals surface area contributed by atoms with Gasteiger partial charge < -0.3 is 9.67 Å². The van der Waals surface area contributed by atoms with Crippen molar-refractivity contribution in [1.82, 2.24) is 4.57 Å². The highest BCUT2D eigenvalue weighted by Gasteiger charge is 2.27. The first-order valence-electron chi connectivity index (χ1n) is 7.83. The van der Waals surface area contributed by atoms with Gasteiger partial charge in [-0.1, -0.05) is 33.6 Å². The zero-order valence-electron chi connectivity index (χ0n) is 13.4. The molecule has 0 radical (unpaired) electrons. The van der Waals surface area contributed by atoms with Crippen molar-refractivity contribution in [3.8, 4) is 5.88 Å². The van der Waals surface area contributed by atoms with E-state index in [9.17, 15) is 5.11 Å². The van der Waals surface area contributed by atoms with Gasteiger partial charge in [0.25, 0.3) is 0 Å². The highest BCUT2D eigenvalue weighted by molar-refractivity contribution is 9.10. The number of hydrogen-bond acceptors (Lipinski definition) is 4. The molecule has 4 nitrogen and oxygen atoms in total. The molecule has 0 atom stereocenters. The van der Waals surface area contributed by atoms with Crippen LogP contribution in [0, 0.1) is 6.92 Å².